The van der Waals surface area contributed by atoms with Gasteiger partial charge in [-0.1, -0.05) is 27.2 Å². The van der Waals surface area contributed by atoms with E-state index in [1.165, 1.54) is 19.3 Å². The molecule has 0 aromatic carbocycles. The third-order valence-corrected chi connectivity index (χ3v) is 3.21. The van der Waals surface area contributed by atoms with Gasteiger partial charge in [0.15, 0.2) is 0 Å². The predicted molar refractivity (Wildman–Crippen MR) is 63.7 cm³/mol. The summed E-state index contributed by atoms with van der Waals surface area (Å²) in [5.41, 5.74) is 0. The quantitative estimate of drug-likeness (QED) is 0.684. The van der Waals surface area contributed by atoms with Gasteiger partial charge in [0.05, 0.1) is 0 Å². The molecular formula is C13H25NO. The minimum Gasteiger partial charge on any atom is -0.343 e. The molecule has 0 aromatic heterocycles. The monoisotopic (exact) mass is 211 g/mol. The first-order valence-corrected chi connectivity index (χ1v) is 6.41. The van der Waals surface area contributed by atoms with Crippen molar-refractivity contribution < 1.29 is 4.79 Å². The van der Waals surface area contributed by atoms with Crippen molar-refractivity contribution in [1.29, 1.82) is 0 Å². The van der Waals surface area contributed by atoms with E-state index in [1.807, 2.05) is 0 Å². The summed E-state index contributed by atoms with van der Waals surface area (Å²) in [6.45, 7) is 8.64. The molecule has 0 aromatic rings. The Kier molecular flexibility index (Phi) is 5.13. The van der Waals surface area contributed by atoms with Gasteiger partial charge in [-0.15, -0.1) is 0 Å². The van der Waals surface area contributed by atoms with Crippen LogP contribution in [-0.2, 0) is 4.79 Å². The summed E-state index contributed by atoms with van der Waals surface area (Å²) in [6, 6.07) is 0. The molecule has 0 radical (unpaired) electrons. The molecule has 2 heteroatoms. The number of amides is 1. The fraction of sp³-hybridized carbons (Fsp3) is 0.923. The van der Waals surface area contributed by atoms with Gasteiger partial charge in [-0.25, -0.2) is 0 Å². The molecule has 1 rings (SSSR count). The third kappa shape index (κ3) is 4.23. The van der Waals surface area contributed by atoms with Crippen molar-refractivity contribution >= 4 is 5.91 Å². The van der Waals surface area contributed by atoms with E-state index in [0.717, 1.165) is 31.8 Å². The van der Waals surface area contributed by atoms with Crippen LogP contribution < -0.4 is 0 Å². The van der Waals surface area contributed by atoms with Crippen LogP contribution >= 0.6 is 0 Å². The number of rotatable bonds is 5. The molecule has 0 saturated carbocycles. The van der Waals surface area contributed by atoms with Gasteiger partial charge in [0, 0.05) is 19.5 Å². The molecule has 1 unspecified atom stereocenters. The first-order valence-electron chi connectivity index (χ1n) is 6.41. The number of hydrogen-bond donors (Lipinski definition) is 0. The highest BCUT2D eigenvalue weighted by Crippen LogP contribution is 2.24. The Labute approximate surface area is 94.0 Å². The van der Waals surface area contributed by atoms with E-state index in [-0.39, 0.29) is 0 Å². The second-order valence-corrected chi connectivity index (χ2v) is 5.22. The van der Waals surface area contributed by atoms with E-state index in [4.69, 9.17) is 0 Å². The van der Waals surface area contributed by atoms with Gasteiger partial charge in [0.1, 0.15) is 0 Å². The maximum absolute atomic E-state index is 11.8. The molecule has 1 aliphatic heterocycles. The average molecular weight is 211 g/mol. The van der Waals surface area contributed by atoms with Crippen LogP contribution in [0.1, 0.15) is 52.9 Å². The molecule has 1 saturated heterocycles. The summed E-state index contributed by atoms with van der Waals surface area (Å²) < 4.78 is 0. The maximum atomic E-state index is 11.8. The van der Waals surface area contributed by atoms with Crippen LogP contribution in [0.3, 0.4) is 0 Å². The van der Waals surface area contributed by atoms with E-state index in [2.05, 4.69) is 25.7 Å². The molecule has 1 heterocycles. The zero-order valence-electron chi connectivity index (χ0n) is 10.5. The van der Waals surface area contributed by atoms with Crippen LogP contribution in [-0.4, -0.2) is 23.9 Å². The molecule has 1 amide bonds. The van der Waals surface area contributed by atoms with Crippen molar-refractivity contribution in [2.24, 2.45) is 11.8 Å². The second-order valence-electron chi connectivity index (χ2n) is 5.22. The molecule has 0 aliphatic carbocycles. The van der Waals surface area contributed by atoms with E-state index in [1.54, 1.807) is 0 Å². The Morgan fingerprint density at radius 3 is 2.73 bits per heavy atom. The summed E-state index contributed by atoms with van der Waals surface area (Å²) in [5.74, 6) is 1.76. The van der Waals surface area contributed by atoms with E-state index in [9.17, 15) is 4.79 Å². The van der Waals surface area contributed by atoms with Crippen molar-refractivity contribution in [1.82, 2.24) is 4.90 Å². The lowest BCUT2D eigenvalue weighted by molar-refractivity contribution is -0.135. The van der Waals surface area contributed by atoms with E-state index in [0.29, 0.717) is 11.8 Å². The molecule has 1 atom stereocenters. The summed E-state index contributed by atoms with van der Waals surface area (Å²) in [7, 11) is 0. The number of carbonyl (C=O) groups is 1. The highest BCUT2D eigenvalue weighted by atomic mass is 16.2. The number of hydrogen-bond acceptors (Lipinski definition) is 1. The lowest BCUT2D eigenvalue weighted by Gasteiger charge is -2.32. The van der Waals surface area contributed by atoms with Gasteiger partial charge >= 0.3 is 0 Å². The standard InChI is InChI=1S/C13H25NO/c1-4-5-7-14-8-6-12(9-11(2)3)10-13(14)15/h11-12H,4-10H2,1-3H3. The first-order chi connectivity index (χ1) is 7.13. The third-order valence-electron chi connectivity index (χ3n) is 3.21. The number of likely N-dealkylation sites (tertiary alicyclic amines) is 1. The number of piperidine rings is 1. The van der Waals surface area contributed by atoms with E-state index < -0.39 is 0 Å². The molecule has 88 valence electrons. The topological polar surface area (TPSA) is 20.3 Å². The lowest BCUT2D eigenvalue weighted by atomic mass is 9.88. The molecule has 2 nitrogen and oxygen atoms in total. The molecule has 1 fully saturated rings. The van der Waals surface area contributed by atoms with Crippen LogP contribution in [0.4, 0.5) is 0 Å². The fourth-order valence-corrected chi connectivity index (χ4v) is 2.39. The molecule has 0 spiro atoms. The lowest BCUT2D eigenvalue weighted by Crippen LogP contribution is -2.39. The minimum atomic E-state index is 0.389. The Morgan fingerprint density at radius 1 is 1.47 bits per heavy atom. The highest BCUT2D eigenvalue weighted by Gasteiger charge is 2.25. The van der Waals surface area contributed by atoms with Crippen molar-refractivity contribution in [2.75, 3.05) is 13.1 Å². The van der Waals surface area contributed by atoms with E-state index >= 15 is 0 Å². The summed E-state index contributed by atoms with van der Waals surface area (Å²) >= 11 is 0. The number of unbranched alkanes of at least 4 members (excludes halogenated alkanes) is 1. The normalized spacial score (nSPS) is 22.5. The SMILES string of the molecule is CCCCN1CCC(CC(C)C)CC1=O. The Hall–Kier alpha value is -0.530. The van der Waals surface area contributed by atoms with Crippen LogP contribution in [0.5, 0.6) is 0 Å². The Bertz CT molecular complexity index is 201. The minimum absolute atomic E-state index is 0.389. The molecule has 15 heavy (non-hydrogen) atoms. The summed E-state index contributed by atoms with van der Waals surface area (Å²) in [6.07, 6.45) is 5.56. The predicted octanol–water partition coefficient (Wildman–Crippen LogP) is 3.07. The zero-order chi connectivity index (χ0) is 11.3. The summed E-state index contributed by atoms with van der Waals surface area (Å²) in [4.78, 5) is 13.9. The van der Waals surface area contributed by atoms with Crippen molar-refractivity contribution in [3.8, 4) is 0 Å². The van der Waals surface area contributed by atoms with Crippen LogP contribution in [0, 0.1) is 11.8 Å². The zero-order valence-corrected chi connectivity index (χ0v) is 10.5. The molecule has 0 N–H and O–H groups in total. The largest absolute Gasteiger partial charge is 0.343 e. The van der Waals surface area contributed by atoms with Crippen molar-refractivity contribution in [3.05, 3.63) is 0 Å². The molecular weight excluding hydrogens is 186 g/mol. The Morgan fingerprint density at radius 2 is 2.20 bits per heavy atom. The van der Waals surface area contributed by atoms with Crippen LogP contribution in [0.2, 0.25) is 0 Å². The van der Waals surface area contributed by atoms with Crippen molar-refractivity contribution in [2.45, 2.75) is 52.9 Å². The van der Waals surface area contributed by atoms with Crippen LogP contribution in [0.25, 0.3) is 0 Å². The Balaban J connectivity index is 2.31. The van der Waals surface area contributed by atoms with Crippen LogP contribution in [0.15, 0.2) is 0 Å². The highest BCUT2D eigenvalue weighted by molar-refractivity contribution is 5.77. The number of carbonyl (C=O) groups excluding carboxylic acids is 1. The average Bonchev–Trinajstić information content (AvgIpc) is 2.15. The smallest absolute Gasteiger partial charge is 0.222 e. The maximum Gasteiger partial charge on any atom is 0.222 e. The fourth-order valence-electron chi connectivity index (χ4n) is 2.39. The van der Waals surface area contributed by atoms with Gasteiger partial charge in [0.25, 0.3) is 0 Å². The van der Waals surface area contributed by atoms with Gasteiger partial charge in [0.2, 0.25) is 5.91 Å². The number of nitrogens with zero attached hydrogens (tertiary/aromatic N) is 1. The first kappa shape index (κ1) is 12.5. The van der Waals surface area contributed by atoms with Crippen molar-refractivity contribution in [3.63, 3.8) is 0 Å². The molecule has 1 aliphatic rings. The van der Waals surface area contributed by atoms with Gasteiger partial charge in [-0.2, -0.15) is 0 Å². The summed E-state index contributed by atoms with van der Waals surface area (Å²) in [5, 5.41) is 0. The second kappa shape index (κ2) is 6.14. The molecule has 0 bridgehead atoms. The van der Waals surface area contributed by atoms with Gasteiger partial charge < -0.3 is 4.90 Å². The van der Waals surface area contributed by atoms with Gasteiger partial charge in [-0.3, -0.25) is 4.79 Å². The van der Waals surface area contributed by atoms with Gasteiger partial charge in [-0.05, 0) is 31.1 Å².